The highest BCUT2D eigenvalue weighted by Crippen LogP contribution is 2.35. The number of ether oxygens (including phenoxy) is 4. The second-order valence-corrected chi connectivity index (χ2v) is 8.48. The Bertz CT molecular complexity index is 1160. The van der Waals surface area contributed by atoms with E-state index < -0.39 is 0 Å². The van der Waals surface area contributed by atoms with Gasteiger partial charge in [0.05, 0.1) is 19.3 Å². The van der Waals surface area contributed by atoms with Gasteiger partial charge in [-0.2, -0.15) is 0 Å². The molecule has 0 bridgehead atoms. The van der Waals surface area contributed by atoms with Crippen LogP contribution in [0.25, 0.3) is 0 Å². The van der Waals surface area contributed by atoms with Crippen molar-refractivity contribution >= 4 is 5.91 Å². The lowest BCUT2D eigenvalue weighted by Gasteiger charge is -2.23. The minimum Gasteiger partial charge on any atom is -0.490 e. The maximum Gasteiger partial charge on any atom is 0.252 e. The number of rotatable bonds is 6. The fraction of sp³-hybridized carbons (Fsp3) is 0.321. The number of fused-ring (bicyclic) bond motifs is 2. The molecule has 3 aromatic rings. The Morgan fingerprint density at radius 2 is 1.50 bits per heavy atom. The first-order chi connectivity index (χ1) is 16.7. The summed E-state index contributed by atoms with van der Waals surface area (Å²) < 4.78 is 23.2. The number of aryl methyl sites for hydroxylation is 1. The number of amides is 1. The summed E-state index contributed by atoms with van der Waals surface area (Å²) in [6, 6.07) is 19.6. The van der Waals surface area contributed by atoms with E-state index in [1.807, 2.05) is 49.4 Å². The lowest BCUT2D eigenvalue weighted by atomic mass is 9.97. The fourth-order valence-corrected chi connectivity index (χ4v) is 4.37. The Morgan fingerprint density at radius 3 is 2.26 bits per heavy atom. The van der Waals surface area contributed by atoms with Crippen molar-refractivity contribution in [2.75, 3.05) is 26.4 Å². The van der Waals surface area contributed by atoms with Crippen LogP contribution in [0.1, 0.15) is 46.4 Å². The first-order valence-corrected chi connectivity index (χ1v) is 11.9. The molecule has 0 spiro atoms. The Balaban J connectivity index is 1.46. The molecule has 5 rings (SSSR count). The largest absolute Gasteiger partial charge is 0.490 e. The van der Waals surface area contributed by atoms with Gasteiger partial charge in [-0.15, -0.1) is 0 Å². The van der Waals surface area contributed by atoms with Gasteiger partial charge < -0.3 is 24.3 Å². The standard InChI is InChI=1S/C28H29NO5/c1-2-20-16-26-27(34-14-13-33-26)18-22(20)28(30)29-23(15-19-7-4-3-5-8-19)21-9-10-24-25(17-21)32-12-6-11-31-24/h3-5,7-10,16-18,23H,2,6,11-15H2,1H3,(H,29,30). The number of carbonyl (C=O) groups is 1. The van der Waals surface area contributed by atoms with Crippen LogP contribution in [-0.2, 0) is 12.8 Å². The van der Waals surface area contributed by atoms with Gasteiger partial charge in [-0.3, -0.25) is 4.79 Å². The minimum absolute atomic E-state index is 0.137. The number of hydrogen-bond acceptors (Lipinski definition) is 5. The van der Waals surface area contributed by atoms with Crippen LogP contribution < -0.4 is 24.3 Å². The highest BCUT2D eigenvalue weighted by atomic mass is 16.6. The van der Waals surface area contributed by atoms with E-state index in [0.717, 1.165) is 34.6 Å². The molecule has 0 radical (unpaired) electrons. The molecule has 1 N–H and O–H groups in total. The van der Waals surface area contributed by atoms with E-state index in [4.69, 9.17) is 18.9 Å². The molecule has 1 atom stereocenters. The molecule has 6 heteroatoms. The Morgan fingerprint density at radius 1 is 0.824 bits per heavy atom. The van der Waals surface area contributed by atoms with E-state index in [0.29, 0.717) is 56.3 Å². The molecule has 2 aliphatic rings. The minimum atomic E-state index is -0.245. The van der Waals surface area contributed by atoms with Crippen molar-refractivity contribution in [2.45, 2.75) is 32.2 Å². The molecule has 176 valence electrons. The van der Waals surface area contributed by atoms with Gasteiger partial charge in [-0.05, 0) is 53.8 Å². The molecule has 0 aromatic heterocycles. The summed E-state index contributed by atoms with van der Waals surface area (Å²) in [4.78, 5) is 13.6. The van der Waals surface area contributed by atoms with E-state index in [2.05, 4.69) is 17.4 Å². The smallest absolute Gasteiger partial charge is 0.252 e. The molecule has 1 unspecified atom stereocenters. The van der Waals surface area contributed by atoms with Crippen LogP contribution in [0.4, 0.5) is 0 Å². The first-order valence-electron chi connectivity index (χ1n) is 11.9. The molecule has 6 nitrogen and oxygen atoms in total. The van der Waals surface area contributed by atoms with Gasteiger partial charge in [0.25, 0.3) is 5.91 Å². The molecule has 0 saturated heterocycles. The van der Waals surface area contributed by atoms with E-state index in [1.165, 1.54) is 0 Å². The third-order valence-electron chi connectivity index (χ3n) is 6.16. The average Bonchev–Trinajstić information content (AvgIpc) is 3.13. The number of nitrogens with one attached hydrogen (secondary N) is 1. The van der Waals surface area contributed by atoms with E-state index in [1.54, 1.807) is 6.07 Å². The molecule has 3 aromatic carbocycles. The van der Waals surface area contributed by atoms with Crippen molar-refractivity contribution in [1.29, 1.82) is 0 Å². The molecule has 0 saturated carbocycles. The van der Waals surface area contributed by atoms with Crippen molar-refractivity contribution in [3.05, 3.63) is 82.9 Å². The normalized spacial score (nSPS) is 15.2. The van der Waals surface area contributed by atoms with Gasteiger partial charge >= 0.3 is 0 Å². The summed E-state index contributed by atoms with van der Waals surface area (Å²) in [6.07, 6.45) is 2.21. The van der Waals surface area contributed by atoms with E-state index in [9.17, 15) is 4.79 Å². The summed E-state index contributed by atoms with van der Waals surface area (Å²) in [7, 11) is 0. The molecule has 0 aliphatic carbocycles. The molecule has 34 heavy (non-hydrogen) atoms. The van der Waals surface area contributed by atoms with Gasteiger partial charge in [0.2, 0.25) is 0 Å². The maximum atomic E-state index is 13.6. The Labute approximate surface area is 199 Å². The second kappa shape index (κ2) is 10.1. The van der Waals surface area contributed by atoms with Gasteiger partial charge in [-0.1, -0.05) is 43.3 Å². The number of hydrogen-bond donors (Lipinski definition) is 1. The zero-order valence-electron chi connectivity index (χ0n) is 19.3. The van der Waals surface area contributed by atoms with Crippen molar-refractivity contribution in [2.24, 2.45) is 0 Å². The predicted octanol–water partition coefficient (Wildman–Crippen LogP) is 4.90. The maximum absolute atomic E-state index is 13.6. The molecule has 0 fully saturated rings. The third-order valence-corrected chi connectivity index (χ3v) is 6.16. The van der Waals surface area contributed by atoms with Crippen LogP contribution in [-0.4, -0.2) is 32.3 Å². The summed E-state index contributed by atoms with van der Waals surface area (Å²) >= 11 is 0. The summed E-state index contributed by atoms with van der Waals surface area (Å²) in [5, 5.41) is 3.27. The van der Waals surface area contributed by atoms with Crippen molar-refractivity contribution in [3.63, 3.8) is 0 Å². The van der Waals surface area contributed by atoms with Crippen LogP contribution in [0.5, 0.6) is 23.0 Å². The molecular weight excluding hydrogens is 430 g/mol. The van der Waals surface area contributed by atoms with Crippen LogP contribution in [0.2, 0.25) is 0 Å². The van der Waals surface area contributed by atoms with Gasteiger partial charge in [0, 0.05) is 12.0 Å². The SMILES string of the molecule is CCc1cc2c(cc1C(=O)NC(Cc1ccccc1)c1ccc3c(c1)OCCCO3)OCCO2. The predicted molar refractivity (Wildman–Crippen MR) is 129 cm³/mol. The van der Waals surface area contributed by atoms with Crippen molar-refractivity contribution < 1.29 is 23.7 Å². The number of benzene rings is 3. The molecule has 2 aliphatic heterocycles. The van der Waals surface area contributed by atoms with Crippen LogP contribution in [0.15, 0.2) is 60.7 Å². The zero-order valence-corrected chi connectivity index (χ0v) is 19.3. The lowest BCUT2D eigenvalue weighted by molar-refractivity contribution is 0.0934. The molecule has 2 heterocycles. The monoisotopic (exact) mass is 459 g/mol. The first kappa shape index (κ1) is 22.1. The summed E-state index contributed by atoms with van der Waals surface area (Å²) in [6.45, 7) is 4.29. The summed E-state index contributed by atoms with van der Waals surface area (Å²) in [5.41, 5.74) is 3.65. The van der Waals surface area contributed by atoms with Crippen LogP contribution in [0.3, 0.4) is 0 Å². The lowest BCUT2D eigenvalue weighted by Crippen LogP contribution is -2.31. The third kappa shape index (κ3) is 4.81. The van der Waals surface area contributed by atoms with Gasteiger partial charge in [0.15, 0.2) is 23.0 Å². The van der Waals surface area contributed by atoms with Gasteiger partial charge in [0.1, 0.15) is 13.2 Å². The van der Waals surface area contributed by atoms with E-state index in [-0.39, 0.29) is 11.9 Å². The van der Waals surface area contributed by atoms with Gasteiger partial charge in [-0.25, -0.2) is 0 Å². The second-order valence-electron chi connectivity index (χ2n) is 8.48. The Hall–Kier alpha value is -3.67. The number of carbonyl (C=O) groups excluding carboxylic acids is 1. The topological polar surface area (TPSA) is 66.0 Å². The highest BCUT2D eigenvalue weighted by molar-refractivity contribution is 5.96. The zero-order chi connectivity index (χ0) is 23.3. The van der Waals surface area contributed by atoms with E-state index >= 15 is 0 Å². The highest BCUT2D eigenvalue weighted by Gasteiger charge is 2.23. The quantitative estimate of drug-likeness (QED) is 0.568. The molecule has 1 amide bonds. The fourth-order valence-electron chi connectivity index (χ4n) is 4.37. The average molecular weight is 460 g/mol. The van der Waals surface area contributed by atoms with Crippen molar-refractivity contribution in [3.8, 4) is 23.0 Å². The van der Waals surface area contributed by atoms with Crippen LogP contribution >= 0.6 is 0 Å². The molecular formula is C28H29NO5. The van der Waals surface area contributed by atoms with Crippen LogP contribution in [0, 0.1) is 0 Å². The summed E-state index contributed by atoms with van der Waals surface area (Å²) in [5.74, 6) is 2.64. The Kier molecular flexibility index (Phi) is 6.56. The van der Waals surface area contributed by atoms with Crippen molar-refractivity contribution in [1.82, 2.24) is 5.32 Å².